The van der Waals surface area contributed by atoms with Crippen LogP contribution in [0.1, 0.15) is 18.1 Å². The molecule has 0 heterocycles. The third-order valence-electron chi connectivity index (χ3n) is 3.89. The van der Waals surface area contributed by atoms with Crippen LogP contribution in [-0.2, 0) is 9.59 Å². The molecule has 27 heavy (non-hydrogen) atoms. The molecule has 8 heteroatoms. The first kappa shape index (κ1) is 20.8. The second-order valence-electron chi connectivity index (χ2n) is 6.00. The zero-order chi connectivity index (χ0) is 20.1. The highest BCUT2D eigenvalue weighted by Crippen LogP contribution is 2.25. The minimum atomic E-state index is -1.67. The van der Waals surface area contributed by atoms with Gasteiger partial charge in [0, 0.05) is 4.90 Å². The second kappa shape index (κ2) is 8.94. The molecule has 0 bridgehead atoms. The lowest BCUT2D eigenvalue weighted by molar-refractivity contribution is -0.123. The summed E-state index contributed by atoms with van der Waals surface area (Å²) in [5, 5.41) is 4.07. The van der Waals surface area contributed by atoms with Gasteiger partial charge in [0.1, 0.15) is 0 Å². The number of carbonyl (C=O) groups excluding carboxylic acids is 2. The highest BCUT2D eigenvalue weighted by atomic mass is 32.2. The van der Waals surface area contributed by atoms with Gasteiger partial charge in [-0.2, -0.15) is 0 Å². The molecule has 0 aliphatic carbocycles. The van der Waals surface area contributed by atoms with Crippen molar-refractivity contribution in [2.24, 2.45) is 0 Å². The smallest absolute Gasteiger partial charge is 0.243 e. The Kier molecular flexibility index (Phi) is 6.90. The van der Waals surface area contributed by atoms with Crippen LogP contribution < -0.4 is 10.6 Å². The van der Waals surface area contributed by atoms with E-state index in [1.807, 2.05) is 32.0 Å². The topological polar surface area (TPSA) is 58.2 Å². The first-order valence-electron chi connectivity index (χ1n) is 8.14. The summed E-state index contributed by atoms with van der Waals surface area (Å²) in [6.45, 7) is 5.25. The number of carbonyl (C=O) groups is 2. The number of rotatable bonds is 6. The van der Waals surface area contributed by atoms with E-state index in [9.17, 15) is 22.8 Å². The summed E-state index contributed by atoms with van der Waals surface area (Å²) in [4.78, 5) is 24.9. The van der Waals surface area contributed by atoms with E-state index in [2.05, 4.69) is 10.6 Å². The molecule has 0 aromatic heterocycles. The zero-order valence-corrected chi connectivity index (χ0v) is 15.8. The van der Waals surface area contributed by atoms with E-state index < -0.39 is 40.8 Å². The van der Waals surface area contributed by atoms with Crippen LogP contribution in [0, 0.1) is 31.3 Å². The van der Waals surface area contributed by atoms with Crippen LogP contribution in [0.4, 0.5) is 18.9 Å². The molecule has 0 saturated heterocycles. The number of hydrogen-bond donors (Lipinski definition) is 2. The van der Waals surface area contributed by atoms with Gasteiger partial charge in [0.05, 0.1) is 17.5 Å². The number of halogens is 3. The number of hydrogen-bond acceptors (Lipinski definition) is 3. The Labute approximate surface area is 159 Å². The standard InChI is InChI=1S/C19H19F3N2O2S/c1-10-4-5-13(8-11(10)2)27-12(3)19(26)23-9-16(25)24-15-7-6-14(20)17(21)18(15)22/h4-8,12H,9H2,1-3H3,(H,23,26)(H,24,25). The molecule has 2 N–H and O–H groups in total. The van der Waals surface area contributed by atoms with E-state index in [0.717, 1.165) is 22.1 Å². The van der Waals surface area contributed by atoms with Gasteiger partial charge >= 0.3 is 0 Å². The number of thioether (sulfide) groups is 1. The largest absolute Gasteiger partial charge is 0.346 e. The van der Waals surface area contributed by atoms with Crippen molar-refractivity contribution in [3.05, 3.63) is 58.9 Å². The molecule has 2 aromatic rings. The van der Waals surface area contributed by atoms with Crippen molar-refractivity contribution in [1.82, 2.24) is 5.32 Å². The fraction of sp³-hybridized carbons (Fsp3) is 0.263. The van der Waals surface area contributed by atoms with Crippen LogP contribution in [0.2, 0.25) is 0 Å². The van der Waals surface area contributed by atoms with Crippen LogP contribution in [0.15, 0.2) is 35.2 Å². The molecule has 144 valence electrons. The summed E-state index contributed by atoms with van der Waals surface area (Å²) in [6.07, 6.45) is 0. The third kappa shape index (κ3) is 5.50. The van der Waals surface area contributed by atoms with Crippen molar-refractivity contribution in [3.8, 4) is 0 Å². The van der Waals surface area contributed by atoms with Crippen LogP contribution in [0.5, 0.6) is 0 Å². The maximum atomic E-state index is 13.5. The molecule has 0 aliphatic heterocycles. The molecule has 2 amide bonds. The fourth-order valence-corrected chi connectivity index (χ4v) is 3.16. The van der Waals surface area contributed by atoms with Gasteiger partial charge in [-0.05, 0) is 56.2 Å². The number of benzene rings is 2. The highest BCUT2D eigenvalue weighted by Gasteiger charge is 2.18. The molecular formula is C19H19F3N2O2S. The normalized spacial score (nSPS) is 11.8. The first-order valence-corrected chi connectivity index (χ1v) is 9.02. The zero-order valence-electron chi connectivity index (χ0n) is 15.0. The van der Waals surface area contributed by atoms with Crippen LogP contribution in [0.3, 0.4) is 0 Å². The maximum Gasteiger partial charge on any atom is 0.243 e. The monoisotopic (exact) mass is 396 g/mol. The molecule has 0 spiro atoms. The van der Waals surface area contributed by atoms with Gasteiger partial charge in [0.15, 0.2) is 17.5 Å². The molecule has 1 unspecified atom stereocenters. The minimum Gasteiger partial charge on any atom is -0.346 e. The van der Waals surface area contributed by atoms with Crippen molar-refractivity contribution >= 4 is 29.3 Å². The predicted molar refractivity (Wildman–Crippen MR) is 99.2 cm³/mol. The molecule has 0 fully saturated rings. The molecule has 0 radical (unpaired) electrons. The lowest BCUT2D eigenvalue weighted by Crippen LogP contribution is -2.37. The summed E-state index contributed by atoms with van der Waals surface area (Å²) in [7, 11) is 0. The quantitative estimate of drug-likeness (QED) is 0.574. The molecule has 4 nitrogen and oxygen atoms in total. The van der Waals surface area contributed by atoms with Gasteiger partial charge in [-0.1, -0.05) is 6.07 Å². The van der Waals surface area contributed by atoms with E-state index in [1.54, 1.807) is 6.92 Å². The van der Waals surface area contributed by atoms with Gasteiger partial charge in [-0.3, -0.25) is 9.59 Å². The molecule has 0 aliphatic rings. The molecule has 2 rings (SSSR count). The average Bonchev–Trinajstić information content (AvgIpc) is 2.63. The summed E-state index contributed by atoms with van der Waals surface area (Å²) >= 11 is 1.34. The van der Waals surface area contributed by atoms with Gasteiger partial charge in [0.2, 0.25) is 11.8 Å². The Morgan fingerprint density at radius 2 is 1.74 bits per heavy atom. The van der Waals surface area contributed by atoms with Crippen molar-refractivity contribution in [3.63, 3.8) is 0 Å². The third-order valence-corrected chi connectivity index (χ3v) is 4.99. The maximum absolute atomic E-state index is 13.5. The summed E-state index contributed by atoms with van der Waals surface area (Å²) < 4.78 is 39.6. The molecular weight excluding hydrogens is 377 g/mol. The van der Waals surface area contributed by atoms with Crippen LogP contribution in [-0.4, -0.2) is 23.6 Å². The van der Waals surface area contributed by atoms with Gasteiger partial charge < -0.3 is 10.6 Å². The predicted octanol–water partition coefficient (Wildman–Crippen LogP) is 3.96. The van der Waals surface area contributed by atoms with E-state index in [4.69, 9.17) is 0 Å². The lowest BCUT2D eigenvalue weighted by atomic mass is 10.1. The summed E-state index contributed by atoms with van der Waals surface area (Å²) in [5.41, 5.74) is 1.77. The van der Waals surface area contributed by atoms with E-state index in [-0.39, 0.29) is 5.91 Å². The molecule has 2 aromatic carbocycles. The van der Waals surface area contributed by atoms with Crippen LogP contribution >= 0.6 is 11.8 Å². The number of nitrogens with one attached hydrogen (secondary N) is 2. The number of amides is 2. The van der Waals surface area contributed by atoms with Gasteiger partial charge in [0.25, 0.3) is 0 Å². The Balaban J connectivity index is 1.88. The van der Waals surface area contributed by atoms with Crippen molar-refractivity contribution in [2.75, 3.05) is 11.9 Å². The lowest BCUT2D eigenvalue weighted by Gasteiger charge is -2.13. The van der Waals surface area contributed by atoms with Crippen LogP contribution in [0.25, 0.3) is 0 Å². The van der Waals surface area contributed by atoms with Gasteiger partial charge in [-0.15, -0.1) is 11.8 Å². The van der Waals surface area contributed by atoms with Crippen molar-refractivity contribution in [2.45, 2.75) is 30.9 Å². The molecule has 1 atom stereocenters. The minimum absolute atomic E-state index is 0.376. The Morgan fingerprint density at radius 3 is 2.41 bits per heavy atom. The number of aryl methyl sites for hydroxylation is 2. The Hall–Kier alpha value is -2.48. The number of anilines is 1. The highest BCUT2D eigenvalue weighted by molar-refractivity contribution is 8.00. The Bertz CT molecular complexity index is 874. The van der Waals surface area contributed by atoms with Gasteiger partial charge in [-0.25, -0.2) is 13.2 Å². The summed E-state index contributed by atoms with van der Waals surface area (Å²) in [5.74, 6) is -5.64. The Morgan fingerprint density at radius 1 is 1.04 bits per heavy atom. The first-order chi connectivity index (χ1) is 12.7. The summed E-state index contributed by atoms with van der Waals surface area (Å²) in [6, 6.07) is 7.46. The van der Waals surface area contributed by atoms with E-state index >= 15 is 0 Å². The fourth-order valence-electron chi connectivity index (χ4n) is 2.17. The SMILES string of the molecule is Cc1ccc(SC(C)C(=O)NCC(=O)Nc2ccc(F)c(F)c2F)cc1C. The van der Waals surface area contributed by atoms with Crippen molar-refractivity contribution in [1.29, 1.82) is 0 Å². The second-order valence-corrected chi connectivity index (χ2v) is 7.41. The van der Waals surface area contributed by atoms with E-state index in [1.165, 1.54) is 11.8 Å². The molecule has 0 saturated carbocycles. The van der Waals surface area contributed by atoms with E-state index in [0.29, 0.717) is 6.07 Å². The van der Waals surface area contributed by atoms with Crippen molar-refractivity contribution < 1.29 is 22.8 Å². The average molecular weight is 396 g/mol.